The van der Waals surface area contributed by atoms with Crippen LogP contribution in [0.3, 0.4) is 0 Å². The fourth-order valence-electron chi connectivity index (χ4n) is 6.99. The van der Waals surface area contributed by atoms with Gasteiger partial charge in [-0.2, -0.15) is 0 Å². The molecule has 5 rings (SSSR count). The SMILES string of the molecule is CCc1nc(C(N)=O)c(Nc2ccc(N3CCC(N4CCN(CCCCCC(=O)OC)CC4)CC3)c(OC)c2)nc1NC1CCOCC1. The summed E-state index contributed by atoms with van der Waals surface area (Å²) in [5.74, 6) is 1.01. The smallest absolute Gasteiger partial charge is 0.305 e. The Morgan fingerprint density at radius 2 is 1.71 bits per heavy atom. The highest BCUT2D eigenvalue weighted by molar-refractivity contribution is 5.96. The van der Waals surface area contributed by atoms with Crippen molar-refractivity contribution < 1.29 is 23.8 Å². The highest BCUT2D eigenvalue weighted by Crippen LogP contribution is 2.35. The molecule has 1 aromatic carbocycles. The van der Waals surface area contributed by atoms with Crippen LogP contribution in [0, 0.1) is 0 Å². The number of piperidine rings is 1. The molecule has 0 aliphatic carbocycles. The molecule has 2 aromatic rings. The predicted molar refractivity (Wildman–Crippen MR) is 187 cm³/mol. The van der Waals surface area contributed by atoms with Crippen molar-refractivity contribution in [3.63, 3.8) is 0 Å². The molecule has 0 radical (unpaired) electrons. The van der Waals surface area contributed by atoms with Crippen LogP contribution in [0.5, 0.6) is 5.75 Å². The van der Waals surface area contributed by atoms with Crippen LogP contribution in [-0.4, -0.2) is 117 Å². The molecule has 3 saturated heterocycles. The molecule has 3 aliphatic heterocycles. The average molecular weight is 667 g/mol. The number of aryl methyl sites for hydroxylation is 1. The van der Waals surface area contributed by atoms with Crippen molar-refractivity contribution in [2.24, 2.45) is 5.73 Å². The number of aromatic nitrogens is 2. The van der Waals surface area contributed by atoms with Crippen LogP contribution >= 0.6 is 0 Å². The van der Waals surface area contributed by atoms with E-state index in [0.717, 1.165) is 108 Å². The van der Waals surface area contributed by atoms with Crippen molar-refractivity contribution in [2.75, 3.05) is 88.8 Å². The van der Waals surface area contributed by atoms with Crippen LogP contribution in [0.2, 0.25) is 0 Å². The van der Waals surface area contributed by atoms with E-state index in [9.17, 15) is 9.59 Å². The highest BCUT2D eigenvalue weighted by Gasteiger charge is 2.29. The van der Waals surface area contributed by atoms with Gasteiger partial charge in [-0.3, -0.25) is 14.5 Å². The number of nitrogens with zero attached hydrogens (tertiary/aromatic N) is 5. The van der Waals surface area contributed by atoms with Crippen molar-refractivity contribution >= 4 is 34.9 Å². The van der Waals surface area contributed by atoms with E-state index in [1.165, 1.54) is 7.11 Å². The molecular formula is C35H54N8O5. The van der Waals surface area contributed by atoms with Crippen LogP contribution in [-0.2, 0) is 20.7 Å². The van der Waals surface area contributed by atoms with E-state index >= 15 is 0 Å². The minimum Gasteiger partial charge on any atom is -0.495 e. The lowest BCUT2D eigenvalue weighted by molar-refractivity contribution is -0.140. The number of esters is 1. The molecule has 0 saturated carbocycles. The van der Waals surface area contributed by atoms with E-state index in [-0.39, 0.29) is 17.7 Å². The second kappa shape index (κ2) is 17.6. The zero-order valence-corrected chi connectivity index (χ0v) is 29.0. The summed E-state index contributed by atoms with van der Waals surface area (Å²) in [4.78, 5) is 40.8. The van der Waals surface area contributed by atoms with E-state index < -0.39 is 5.91 Å². The number of amides is 1. The normalized spacial score (nSPS) is 18.4. The van der Waals surface area contributed by atoms with Gasteiger partial charge in [0, 0.05) is 82.7 Å². The third-order valence-corrected chi connectivity index (χ3v) is 9.85. The minimum absolute atomic E-state index is 0.112. The molecule has 0 atom stereocenters. The predicted octanol–water partition coefficient (Wildman–Crippen LogP) is 3.80. The molecule has 4 N–H and O–H groups in total. The fraction of sp³-hybridized carbons (Fsp3) is 0.657. The van der Waals surface area contributed by atoms with Gasteiger partial charge in [-0.25, -0.2) is 9.97 Å². The number of primary amides is 1. The summed E-state index contributed by atoms with van der Waals surface area (Å²) in [7, 11) is 3.14. The summed E-state index contributed by atoms with van der Waals surface area (Å²) in [5, 5.41) is 6.82. The van der Waals surface area contributed by atoms with Crippen molar-refractivity contribution in [3.05, 3.63) is 29.6 Å². The Morgan fingerprint density at radius 1 is 0.958 bits per heavy atom. The van der Waals surface area contributed by atoms with Crippen molar-refractivity contribution in [2.45, 2.75) is 76.8 Å². The zero-order chi connectivity index (χ0) is 33.9. The van der Waals surface area contributed by atoms with Gasteiger partial charge in [0.1, 0.15) is 5.75 Å². The first-order chi connectivity index (χ1) is 23.4. The van der Waals surface area contributed by atoms with E-state index in [4.69, 9.17) is 24.9 Å². The number of rotatable bonds is 15. The van der Waals surface area contributed by atoms with E-state index in [0.29, 0.717) is 49.4 Å². The Balaban J connectivity index is 1.15. The second-order valence-corrected chi connectivity index (χ2v) is 13.0. The Bertz CT molecular complexity index is 1350. The molecule has 13 nitrogen and oxygen atoms in total. The number of unbranched alkanes of at least 4 members (excludes halogenated alkanes) is 2. The van der Waals surface area contributed by atoms with Gasteiger partial charge in [-0.15, -0.1) is 0 Å². The summed E-state index contributed by atoms with van der Waals surface area (Å²) < 4.78 is 16.1. The van der Waals surface area contributed by atoms with Gasteiger partial charge in [0.15, 0.2) is 17.3 Å². The molecule has 0 spiro atoms. The van der Waals surface area contributed by atoms with Gasteiger partial charge in [0.2, 0.25) is 0 Å². The number of carbonyl (C=O) groups excluding carboxylic acids is 2. The largest absolute Gasteiger partial charge is 0.495 e. The van der Waals surface area contributed by atoms with E-state index in [2.05, 4.69) is 36.4 Å². The first-order valence-electron chi connectivity index (χ1n) is 17.7. The molecular weight excluding hydrogens is 612 g/mol. The maximum absolute atomic E-state index is 12.4. The average Bonchev–Trinajstić information content (AvgIpc) is 3.12. The standard InChI is InChI=1S/C35H54N8O5/c1-4-28-34(37-25-13-22-48-23-14-25)40-35(32(39-28)33(36)45)38-26-9-10-29(30(24-26)46-2)43-16-11-27(12-17-43)42-20-18-41(19-21-42)15-7-5-6-8-31(44)47-3/h9-10,24-25,27H,4-8,11-23H2,1-3H3,(H2,36,45)(H2,37,38,40). The third kappa shape index (κ3) is 9.48. The molecule has 0 bridgehead atoms. The number of anilines is 4. The number of hydrogen-bond donors (Lipinski definition) is 3. The third-order valence-electron chi connectivity index (χ3n) is 9.85. The Hall–Kier alpha value is -3.68. The lowest BCUT2D eigenvalue weighted by atomic mass is 10.0. The summed E-state index contributed by atoms with van der Waals surface area (Å²) in [6.07, 6.45) is 8.24. The minimum atomic E-state index is -0.627. The van der Waals surface area contributed by atoms with Gasteiger partial charge in [0.05, 0.1) is 25.6 Å². The first kappa shape index (κ1) is 35.6. The Morgan fingerprint density at radius 3 is 2.38 bits per heavy atom. The quantitative estimate of drug-likeness (QED) is 0.188. The Kier molecular flexibility index (Phi) is 13.1. The van der Waals surface area contributed by atoms with Crippen LogP contribution in [0.1, 0.15) is 74.5 Å². The maximum Gasteiger partial charge on any atom is 0.305 e. The number of ether oxygens (including phenoxy) is 3. The number of hydrogen-bond acceptors (Lipinski definition) is 12. The summed E-state index contributed by atoms with van der Waals surface area (Å²) >= 11 is 0. The van der Waals surface area contributed by atoms with Crippen LogP contribution in [0.15, 0.2) is 18.2 Å². The first-order valence-corrected chi connectivity index (χ1v) is 17.7. The fourth-order valence-corrected chi connectivity index (χ4v) is 6.99. The lowest BCUT2D eigenvalue weighted by Gasteiger charge is -2.43. The number of benzene rings is 1. The number of piperazine rings is 1. The topological polar surface area (TPSA) is 147 Å². The van der Waals surface area contributed by atoms with E-state index in [1.807, 2.05) is 19.1 Å². The molecule has 264 valence electrons. The molecule has 1 aromatic heterocycles. The molecule has 48 heavy (non-hydrogen) atoms. The van der Waals surface area contributed by atoms with E-state index in [1.54, 1.807) is 7.11 Å². The number of nitrogens with one attached hydrogen (secondary N) is 2. The maximum atomic E-state index is 12.4. The van der Waals surface area contributed by atoms with Crippen LogP contribution < -0.4 is 26.0 Å². The van der Waals surface area contributed by atoms with Gasteiger partial charge in [-0.05, 0) is 63.6 Å². The monoisotopic (exact) mass is 666 g/mol. The summed E-state index contributed by atoms with van der Waals surface area (Å²) in [6.45, 7) is 10.9. The number of carbonyl (C=O) groups is 2. The van der Waals surface area contributed by atoms with Crippen LogP contribution in [0.4, 0.5) is 23.0 Å². The molecule has 4 heterocycles. The lowest BCUT2D eigenvalue weighted by Crippen LogP contribution is -2.53. The van der Waals surface area contributed by atoms with Gasteiger partial charge >= 0.3 is 5.97 Å². The molecule has 13 heteroatoms. The van der Waals surface area contributed by atoms with Gasteiger partial charge < -0.3 is 40.4 Å². The second-order valence-electron chi connectivity index (χ2n) is 13.0. The molecule has 3 aliphatic rings. The highest BCUT2D eigenvalue weighted by atomic mass is 16.5. The van der Waals surface area contributed by atoms with Crippen LogP contribution in [0.25, 0.3) is 0 Å². The summed E-state index contributed by atoms with van der Waals surface area (Å²) in [6, 6.07) is 6.84. The molecule has 0 unspecified atom stereocenters. The van der Waals surface area contributed by atoms with Crippen molar-refractivity contribution in [1.82, 2.24) is 19.8 Å². The Labute approximate surface area is 284 Å². The number of methoxy groups -OCH3 is 2. The van der Waals surface area contributed by atoms with Crippen molar-refractivity contribution in [3.8, 4) is 5.75 Å². The number of nitrogens with two attached hydrogens (primary N) is 1. The molecule has 3 fully saturated rings. The zero-order valence-electron chi connectivity index (χ0n) is 29.0. The summed E-state index contributed by atoms with van der Waals surface area (Å²) in [5.41, 5.74) is 8.38. The molecule has 1 amide bonds. The van der Waals surface area contributed by atoms with Gasteiger partial charge in [0.25, 0.3) is 5.91 Å². The van der Waals surface area contributed by atoms with Gasteiger partial charge in [-0.1, -0.05) is 13.3 Å². The van der Waals surface area contributed by atoms with Crippen molar-refractivity contribution in [1.29, 1.82) is 0 Å².